The van der Waals surface area contributed by atoms with Crippen molar-refractivity contribution in [1.82, 2.24) is 19.6 Å². The van der Waals surface area contributed by atoms with Gasteiger partial charge in [-0.05, 0) is 30.5 Å². The fourth-order valence-electron chi connectivity index (χ4n) is 4.83. The molecule has 0 radical (unpaired) electrons. The van der Waals surface area contributed by atoms with Crippen LogP contribution in [0.1, 0.15) is 37.7 Å². The lowest BCUT2D eigenvalue weighted by Crippen LogP contribution is -2.54. The van der Waals surface area contributed by atoms with E-state index in [9.17, 15) is 9.59 Å². The Morgan fingerprint density at radius 3 is 2.41 bits per heavy atom. The molecule has 3 fully saturated rings. The van der Waals surface area contributed by atoms with Crippen molar-refractivity contribution in [3.63, 3.8) is 0 Å². The van der Waals surface area contributed by atoms with Gasteiger partial charge in [-0.15, -0.1) is 0 Å². The molecule has 0 unspecified atom stereocenters. The average Bonchev–Trinajstić information content (AvgIpc) is 3.08. The van der Waals surface area contributed by atoms with Gasteiger partial charge in [-0.1, -0.05) is 43.0 Å². The summed E-state index contributed by atoms with van der Waals surface area (Å²) in [6, 6.07) is 8.23. The molecule has 7 heteroatoms. The molecule has 3 aliphatic rings. The summed E-state index contributed by atoms with van der Waals surface area (Å²) < 4.78 is 0. The standard InChI is InChI=1S/C22H31ClN4O2/c23-19-6-4-5-18(15-19)16-26-13-14-27(22(26)29)17-21(28)25-11-9-24(10-12-25)20-7-2-1-3-8-20/h4-6,15,20H,1-3,7-14,16-17H2. The summed E-state index contributed by atoms with van der Waals surface area (Å²) >= 11 is 6.04. The minimum Gasteiger partial charge on any atom is -0.339 e. The summed E-state index contributed by atoms with van der Waals surface area (Å²) in [6.07, 6.45) is 6.66. The maximum atomic E-state index is 12.8. The second-order valence-corrected chi connectivity index (χ2v) is 8.90. The topological polar surface area (TPSA) is 47.1 Å². The number of urea groups is 1. The molecule has 1 aliphatic carbocycles. The maximum absolute atomic E-state index is 12.8. The highest BCUT2D eigenvalue weighted by Gasteiger charge is 2.32. The molecule has 4 rings (SSSR count). The first-order valence-electron chi connectivity index (χ1n) is 10.9. The Balaban J connectivity index is 1.24. The highest BCUT2D eigenvalue weighted by molar-refractivity contribution is 6.30. The zero-order valence-corrected chi connectivity index (χ0v) is 17.8. The van der Waals surface area contributed by atoms with Crippen molar-refractivity contribution >= 4 is 23.5 Å². The lowest BCUT2D eigenvalue weighted by molar-refractivity contribution is -0.133. The first-order chi connectivity index (χ1) is 14.1. The smallest absolute Gasteiger partial charge is 0.320 e. The van der Waals surface area contributed by atoms with Crippen LogP contribution in [0.25, 0.3) is 0 Å². The molecular weight excluding hydrogens is 388 g/mol. The number of nitrogens with zero attached hydrogens (tertiary/aromatic N) is 4. The number of hydrogen-bond acceptors (Lipinski definition) is 3. The van der Waals surface area contributed by atoms with Gasteiger partial charge in [0.05, 0.1) is 0 Å². The van der Waals surface area contributed by atoms with Gasteiger partial charge in [0, 0.05) is 56.9 Å². The molecule has 0 N–H and O–H groups in total. The van der Waals surface area contributed by atoms with Crippen LogP contribution in [0.2, 0.25) is 5.02 Å². The fraction of sp³-hybridized carbons (Fsp3) is 0.636. The third-order valence-corrected chi connectivity index (χ3v) is 6.76. The SMILES string of the molecule is O=C(CN1CCN(Cc2cccc(Cl)c2)C1=O)N1CCN(C2CCCCC2)CC1. The molecule has 2 aliphatic heterocycles. The zero-order chi connectivity index (χ0) is 20.2. The summed E-state index contributed by atoms with van der Waals surface area (Å²) in [5, 5.41) is 0.675. The van der Waals surface area contributed by atoms with Gasteiger partial charge >= 0.3 is 6.03 Å². The van der Waals surface area contributed by atoms with Crippen LogP contribution >= 0.6 is 11.6 Å². The van der Waals surface area contributed by atoms with E-state index in [-0.39, 0.29) is 18.5 Å². The molecule has 0 spiro atoms. The molecule has 0 aromatic heterocycles. The number of benzene rings is 1. The Bertz CT molecular complexity index is 729. The van der Waals surface area contributed by atoms with Gasteiger partial charge in [0.1, 0.15) is 6.54 Å². The summed E-state index contributed by atoms with van der Waals surface area (Å²) in [6.45, 7) is 5.46. The number of piperazine rings is 1. The highest BCUT2D eigenvalue weighted by atomic mass is 35.5. The zero-order valence-electron chi connectivity index (χ0n) is 17.1. The second-order valence-electron chi connectivity index (χ2n) is 8.46. The molecule has 0 bridgehead atoms. The van der Waals surface area contributed by atoms with Gasteiger partial charge < -0.3 is 14.7 Å². The number of halogens is 1. The number of rotatable bonds is 5. The van der Waals surface area contributed by atoms with Crippen LogP contribution in [0.15, 0.2) is 24.3 Å². The van der Waals surface area contributed by atoms with Crippen LogP contribution in [-0.2, 0) is 11.3 Å². The quantitative estimate of drug-likeness (QED) is 0.738. The van der Waals surface area contributed by atoms with Gasteiger partial charge in [0.2, 0.25) is 5.91 Å². The Kier molecular flexibility index (Phi) is 6.60. The Morgan fingerprint density at radius 1 is 0.966 bits per heavy atom. The van der Waals surface area contributed by atoms with Crippen LogP contribution in [0.4, 0.5) is 4.79 Å². The van der Waals surface area contributed by atoms with E-state index in [0.29, 0.717) is 30.7 Å². The number of amides is 3. The lowest BCUT2D eigenvalue weighted by atomic mass is 9.94. The van der Waals surface area contributed by atoms with Gasteiger partial charge in [0.15, 0.2) is 0 Å². The minimum absolute atomic E-state index is 0.0563. The predicted molar refractivity (Wildman–Crippen MR) is 114 cm³/mol. The van der Waals surface area contributed by atoms with E-state index in [1.807, 2.05) is 29.2 Å². The normalized spacial score (nSPS) is 21.8. The van der Waals surface area contributed by atoms with Crippen LogP contribution in [0.3, 0.4) is 0 Å². The lowest BCUT2D eigenvalue weighted by Gasteiger charge is -2.41. The first kappa shape index (κ1) is 20.5. The molecule has 3 amide bonds. The maximum Gasteiger partial charge on any atom is 0.320 e. The Labute approximate surface area is 178 Å². The molecule has 2 saturated heterocycles. The van der Waals surface area contributed by atoms with E-state index >= 15 is 0 Å². The predicted octanol–water partition coefficient (Wildman–Crippen LogP) is 3.05. The van der Waals surface area contributed by atoms with Crippen LogP contribution in [-0.4, -0.2) is 83.4 Å². The van der Waals surface area contributed by atoms with E-state index in [1.165, 1.54) is 32.1 Å². The molecule has 158 valence electrons. The van der Waals surface area contributed by atoms with Crippen molar-refractivity contribution in [3.05, 3.63) is 34.9 Å². The highest BCUT2D eigenvalue weighted by Crippen LogP contribution is 2.23. The summed E-state index contributed by atoms with van der Waals surface area (Å²) in [4.78, 5) is 33.5. The van der Waals surface area contributed by atoms with E-state index < -0.39 is 0 Å². The van der Waals surface area contributed by atoms with Gasteiger partial charge in [-0.3, -0.25) is 9.69 Å². The van der Waals surface area contributed by atoms with E-state index in [1.54, 1.807) is 9.80 Å². The van der Waals surface area contributed by atoms with Crippen molar-refractivity contribution in [2.24, 2.45) is 0 Å². The van der Waals surface area contributed by atoms with Crippen LogP contribution < -0.4 is 0 Å². The summed E-state index contributed by atoms with van der Waals surface area (Å²) in [5.41, 5.74) is 1.01. The monoisotopic (exact) mass is 418 g/mol. The van der Waals surface area contributed by atoms with Crippen molar-refractivity contribution in [2.45, 2.75) is 44.7 Å². The van der Waals surface area contributed by atoms with Gasteiger partial charge in [-0.25, -0.2) is 4.79 Å². The number of carbonyl (C=O) groups is 2. The summed E-state index contributed by atoms with van der Waals surface area (Å²) in [7, 11) is 0. The van der Waals surface area contributed by atoms with E-state index in [0.717, 1.165) is 31.7 Å². The van der Waals surface area contributed by atoms with Gasteiger partial charge in [0.25, 0.3) is 0 Å². The first-order valence-corrected chi connectivity index (χ1v) is 11.3. The number of carbonyl (C=O) groups excluding carboxylic acids is 2. The summed E-state index contributed by atoms with van der Waals surface area (Å²) in [5.74, 6) is 0.0752. The van der Waals surface area contributed by atoms with Crippen molar-refractivity contribution in [2.75, 3.05) is 45.8 Å². The van der Waals surface area contributed by atoms with Gasteiger partial charge in [-0.2, -0.15) is 0 Å². The number of hydrogen-bond donors (Lipinski definition) is 0. The second kappa shape index (κ2) is 9.35. The Hall–Kier alpha value is -1.79. The third-order valence-electron chi connectivity index (χ3n) is 6.53. The molecule has 6 nitrogen and oxygen atoms in total. The molecule has 1 aromatic carbocycles. The van der Waals surface area contributed by atoms with Crippen molar-refractivity contribution in [1.29, 1.82) is 0 Å². The van der Waals surface area contributed by atoms with E-state index in [4.69, 9.17) is 11.6 Å². The van der Waals surface area contributed by atoms with Crippen molar-refractivity contribution in [3.8, 4) is 0 Å². The minimum atomic E-state index is -0.0563. The van der Waals surface area contributed by atoms with Crippen LogP contribution in [0, 0.1) is 0 Å². The molecular formula is C22H31ClN4O2. The Morgan fingerprint density at radius 2 is 1.69 bits per heavy atom. The average molecular weight is 419 g/mol. The molecule has 1 saturated carbocycles. The van der Waals surface area contributed by atoms with Crippen molar-refractivity contribution < 1.29 is 9.59 Å². The largest absolute Gasteiger partial charge is 0.339 e. The fourth-order valence-corrected chi connectivity index (χ4v) is 5.04. The van der Waals surface area contributed by atoms with E-state index in [2.05, 4.69) is 4.90 Å². The molecule has 0 atom stereocenters. The molecule has 2 heterocycles. The molecule has 29 heavy (non-hydrogen) atoms. The molecule has 1 aromatic rings. The third kappa shape index (κ3) is 5.04. The van der Waals surface area contributed by atoms with Crippen LogP contribution in [0.5, 0.6) is 0 Å².